The fourth-order valence-corrected chi connectivity index (χ4v) is 2.93. The van der Waals surface area contributed by atoms with Crippen molar-refractivity contribution < 1.29 is 4.39 Å². The predicted molar refractivity (Wildman–Crippen MR) is 81.0 cm³/mol. The lowest BCUT2D eigenvalue weighted by Gasteiger charge is -2.33. The number of likely N-dealkylation sites (N-methyl/N-ethyl adjacent to an activating group) is 1. The highest BCUT2D eigenvalue weighted by Gasteiger charge is 2.25. The topological polar surface area (TPSA) is 56.4 Å². The molecule has 2 rings (SSSR count). The van der Waals surface area contributed by atoms with Gasteiger partial charge in [0.15, 0.2) is 0 Å². The molecule has 0 aromatic heterocycles. The minimum absolute atomic E-state index is 0.203. The van der Waals surface area contributed by atoms with Crippen molar-refractivity contribution in [2.24, 2.45) is 5.73 Å². The molecule has 3 N–H and O–H groups in total. The Hall–Kier alpha value is -1.62. The van der Waals surface area contributed by atoms with Crippen LogP contribution in [0.5, 0.6) is 0 Å². The number of nitrogens with two attached hydrogens (primary N) is 1. The molecule has 0 aliphatic carbocycles. The lowest BCUT2D eigenvalue weighted by Crippen LogP contribution is -2.41. The number of hydrogen-bond donors (Lipinski definition) is 2. The summed E-state index contributed by atoms with van der Waals surface area (Å²) in [6.07, 6.45) is 2.01. The first-order chi connectivity index (χ1) is 9.54. The standard InChI is InChI=1S/C15H23FN4/c1-3-11-10-19(2)8-5-9-20(11)13-7-4-6-12(16)14(13)15(17)18/h4,6-7,11H,3,5,8-10H2,1-2H3,(H3,17,18). The molecule has 1 aromatic rings. The first-order valence-corrected chi connectivity index (χ1v) is 7.12. The molecule has 1 aliphatic rings. The van der Waals surface area contributed by atoms with E-state index >= 15 is 0 Å². The molecule has 4 nitrogen and oxygen atoms in total. The van der Waals surface area contributed by atoms with Gasteiger partial charge >= 0.3 is 0 Å². The average Bonchev–Trinajstić information content (AvgIpc) is 2.59. The van der Waals surface area contributed by atoms with Gasteiger partial charge in [0.05, 0.1) is 11.3 Å². The van der Waals surface area contributed by atoms with Crippen LogP contribution >= 0.6 is 0 Å². The van der Waals surface area contributed by atoms with Crippen LogP contribution in [0.4, 0.5) is 10.1 Å². The summed E-state index contributed by atoms with van der Waals surface area (Å²) in [5.74, 6) is -0.618. The van der Waals surface area contributed by atoms with E-state index in [9.17, 15) is 4.39 Å². The van der Waals surface area contributed by atoms with Crippen molar-refractivity contribution in [3.63, 3.8) is 0 Å². The van der Waals surface area contributed by atoms with Crippen molar-refractivity contribution in [2.45, 2.75) is 25.8 Å². The van der Waals surface area contributed by atoms with Gasteiger partial charge in [0.2, 0.25) is 0 Å². The number of nitrogens with zero attached hydrogens (tertiary/aromatic N) is 2. The fraction of sp³-hybridized carbons (Fsp3) is 0.533. The second-order valence-corrected chi connectivity index (χ2v) is 5.42. The third-order valence-corrected chi connectivity index (χ3v) is 3.94. The zero-order valence-electron chi connectivity index (χ0n) is 12.2. The molecule has 1 unspecified atom stereocenters. The highest BCUT2D eigenvalue weighted by atomic mass is 19.1. The van der Waals surface area contributed by atoms with E-state index in [1.807, 2.05) is 6.07 Å². The van der Waals surface area contributed by atoms with Crippen LogP contribution in [-0.4, -0.2) is 43.5 Å². The highest BCUT2D eigenvalue weighted by Crippen LogP contribution is 2.27. The van der Waals surface area contributed by atoms with E-state index < -0.39 is 5.82 Å². The van der Waals surface area contributed by atoms with Crippen molar-refractivity contribution in [1.29, 1.82) is 5.41 Å². The van der Waals surface area contributed by atoms with Crippen molar-refractivity contribution >= 4 is 11.5 Å². The lowest BCUT2D eigenvalue weighted by atomic mass is 10.1. The van der Waals surface area contributed by atoms with E-state index in [2.05, 4.69) is 23.8 Å². The molecule has 5 heteroatoms. The van der Waals surface area contributed by atoms with Gasteiger partial charge in [-0.25, -0.2) is 4.39 Å². The zero-order chi connectivity index (χ0) is 14.7. The molecular weight excluding hydrogens is 255 g/mol. The smallest absolute Gasteiger partial charge is 0.136 e. The van der Waals surface area contributed by atoms with Gasteiger partial charge in [-0.15, -0.1) is 0 Å². The fourth-order valence-electron chi connectivity index (χ4n) is 2.93. The number of hydrogen-bond acceptors (Lipinski definition) is 3. The first-order valence-electron chi connectivity index (χ1n) is 7.12. The average molecular weight is 278 g/mol. The van der Waals surface area contributed by atoms with Gasteiger partial charge in [-0.2, -0.15) is 0 Å². The van der Waals surface area contributed by atoms with Crippen LogP contribution in [0.1, 0.15) is 25.3 Å². The van der Waals surface area contributed by atoms with Crippen LogP contribution in [0, 0.1) is 11.2 Å². The second kappa shape index (κ2) is 6.22. The number of anilines is 1. The largest absolute Gasteiger partial charge is 0.384 e. The molecule has 110 valence electrons. The van der Waals surface area contributed by atoms with E-state index in [1.54, 1.807) is 6.07 Å². The molecule has 0 bridgehead atoms. The molecule has 1 heterocycles. The van der Waals surface area contributed by atoms with Gasteiger partial charge in [-0.1, -0.05) is 13.0 Å². The minimum Gasteiger partial charge on any atom is -0.384 e. The summed E-state index contributed by atoms with van der Waals surface area (Å²) < 4.78 is 14.0. The highest BCUT2D eigenvalue weighted by molar-refractivity contribution is 6.00. The SMILES string of the molecule is CCC1CN(C)CCCN1c1cccc(F)c1C(=N)N. The number of nitrogens with one attached hydrogen (secondary N) is 1. The van der Waals surface area contributed by atoms with Gasteiger partial charge in [-0.05, 0) is 38.6 Å². The molecule has 0 spiro atoms. The quantitative estimate of drug-likeness (QED) is 0.657. The molecule has 1 atom stereocenters. The summed E-state index contributed by atoms with van der Waals surface area (Å²) in [6.45, 7) is 5.00. The Bertz CT molecular complexity index is 489. The summed E-state index contributed by atoms with van der Waals surface area (Å²) in [5.41, 5.74) is 6.56. The molecule has 1 saturated heterocycles. The van der Waals surface area contributed by atoms with Crippen LogP contribution in [0.2, 0.25) is 0 Å². The number of benzene rings is 1. The van der Waals surface area contributed by atoms with E-state index in [4.69, 9.17) is 11.1 Å². The molecule has 0 amide bonds. The Morgan fingerprint density at radius 3 is 2.85 bits per heavy atom. The van der Waals surface area contributed by atoms with Gasteiger partial charge in [0, 0.05) is 19.1 Å². The van der Waals surface area contributed by atoms with Crippen molar-refractivity contribution in [3.05, 3.63) is 29.6 Å². The van der Waals surface area contributed by atoms with E-state index in [-0.39, 0.29) is 11.4 Å². The van der Waals surface area contributed by atoms with Crippen molar-refractivity contribution in [3.8, 4) is 0 Å². The molecule has 1 fully saturated rings. The second-order valence-electron chi connectivity index (χ2n) is 5.42. The Balaban J connectivity index is 2.43. The Morgan fingerprint density at radius 1 is 1.45 bits per heavy atom. The van der Waals surface area contributed by atoms with Crippen LogP contribution in [-0.2, 0) is 0 Å². The van der Waals surface area contributed by atoms with Gasteiger partial charge in [-0.3, -0.25) is 5.41 Å². The number of nitrogen functional groups attached to an aromatic ring is 1. The summed E-state index contributed by atoms with van der Waals surface area (Å²) in [6, 6.07) is 5.25. The summed E-state index contributed by atoms with van der Waals surface area (Å²) >= 11 is 0. The summed E-state index contributed by atoms with van der Waals surface area (Å²) in [7, 11) is 2.11. The summed E-state index contributed by atoms with van der Waals surface area (Å²) in [5, 5.41) is 7.65. The van der Waals surface area contributed by atoms with Crippen molar-refractivity contribution in [2.75, 3.05) is 31.6 Å². The van der Waals surface area contributed by atoms with Crippen molar-refractivity contribution in [1.82, 2.24) is 4.90 Å². The third-order valence-electron chi connectivity index (χ3n) is 3.94. The monoisotopic (exact) mass is 278 g/mol. The van der Waals surface area contributed by atoms with Crippen LogP contribution < -0.4 is 10.6 Å². The Morgan fingerprint density at radius 2 is 2.20 bits per heavy atom. The van der Waals surface area contributed by atoms with Crippen LogP contribution in [0.25, 0.3) is 0 Å². The molecule has 0 saturated carbocycles. The van der Waals surface area contributed by atoms with E-state index in [0.717, 1.165) is 38.2 Å². The third kappa shape index (κ3) is 2.93. The van der Waals surface area contributed by atoms with Gasteiger partial charge < -0.3 is 15.5 Å². The molecular formula is C15H23FN4. The minimum atomic E-state index is -0.414. The maximum absolute atomic E-state index is 14.0. The Kier molecular flexibility index (Phi) is 4.60. The first kappa shape index (κ1) is 14.8. The lowest BCUT2D eigenvalue weighted by molar-refractivity contribution is 0.328. The van der Waals surface area contributed by atoms with Crippen LogP contribution in [0.3, 0.4) is 0 Å². The van der Waals surface area contributed by atoms with E-state index in [0.29, 0.717) is 6.04 Å². The molecule has 0 radical (unpaired) electrons. The number of rotatable bonds is 3. The maximum atomic E-state index is 14.0. The summed E-state index contributed by atoms with van der Waals surface area (Å²) in [4.78, 5) is 4.52. The normalized spacial score (nSPS) is 20.8. The maximum Gasteiger partial charge on any atom is 0.136 e. The van der Waals surface area contributed by atoms with Gasteiger partial charge in [0.1, 0.15) is 11.7 Å². The van der Waals surface area contributed by atoms with Gasteiger partial charge in [0.25, 0.3) is 0 Å². The molecule has 1 aliphatic heterocycles. The molecule has 20 heavy (non-hydrogen) atoms. The predicted octanol–water partition coefficient (Wildman–Crippen LogP) is 2.03. The number of amidine groups is 1. The molecule has 1 aromatic carbocycles. The Labute approximate surface area is 119 Å². The zero-order valence-corrected chi connectivity index (χ0v) is 12.2. The van der Waals surface area contributed by atoms with Crippen LogP contribution in [0.15, 0.2) is 18.2 Å². The van der Waals surface area contributed by atoms with E-state index in [1.165, 1.54) is 6.07 Å². The number of halogens is 1.